The lowest BCUT2D eigenvalue weighted by molar-refractivity contribution is 0.134. The summed E-state index contributed by atoms with van der Waals surface area (Å²) in [6, 6.07) is 13.7. The monoisotopic (exact) mass is 298 g/mol. The summed E-state index contributed by atoms with van der Waals surface area (Å²) in [6.07, 6.45) is 5.07. The quantitative estimate of drug-likeness (QED) is 0.917. The van der Waals surface area contributed by atoms with Gasteiger partial charge in [-0.2, -0.15) is 0 Å². The van der Waals surface area contributed by atoms with Crippen LogP contribution in [0.4, 0.5) is 0 Å². The van der Waals surface area contributed by atoms with Crippen molar-refractivity contribution in [2.75, 3.05) is 20.2 Å². The summed E-state index contributed by atoms with van der Waals surface area (Å²) in [6.45, 7) is 3.02. The maximum Gasteiger partial charge on any atom is 0.119 e. The number of hydrogen-bond donors (Lipinski definition) is 1. The molecule has 1 saturated heterocycles. The Hall–Kier alpha value is -1.58. The molecule has 118 valence electrons. The van der Waals surface area contributed by atoms with Crippen molar-refractivity contribution in [1.29, 1.82) is 0 Å². The molecule has 0 aromatic heterocycles. The summed E-state index contributed by atoms with van der Waals surface area (Å²) in [5.74, 6) is 0.916. The Morgan fingerprint density at radius 1 is 1.14 bits per heavy atom. The Labute approximate surface area is 133 Å². The standard InChI is InChI=1S/C19H26N2O/c1-22-19-8-7-16-12-15(5-6-17(16)13-19)14-21-11-3-2-4-18(21)9-10-20/h5-8,12-13,18H,2-4,9-11,14,20H2,1H3. The number of nitrogens with zero attached hydrogens (tertiary/aromatic N) is 1. The van der Waals surface area contributed by atoms with E-state index in [4.69, 9.17) is 10.5 Å². The van der Waals surface area contributed by atoms with Crippen LogP contribution in [0.5, 0.6) is 5.75 Å². The van der Waals surface area contributed by atoms with E-state index in [1.165, 1.54) is 42.1 Å². The number of benzene rings is 2. The first kappa shape index (κ1) is 15.3. The van der Waals surface area contributed by atoms with Crippen LogP contribution in [0.3, 0.4) is 0 Å². The van der Waals surface area contributed by atoms with Crippen molar-refractivity contribution in [2.45, 2.75) is 38.3 Å². The highest BCUT2D eigenvalue weighted by molar-refractivity contribution is 5.84. The van der Waals surface area contributed by atoms with Gasteiger partial charge in [0.1, 0.15) is 5.75 Å². The van der Waals surface area contributed by atoms with Gasteiger partial charge in [-0.25, -0.2) is 0 Å². The Bertz CT molecular complexity index is 624. The molecule has 1 fully saturated rings. The molecule has 2 aromatic rings. The molecular weight excluding hydrogens is 272 g/mol. The number of hydrogen-bond acceptors (Lipinski definition) is 3. The molecule has 22 heavy (non-hydrogen) atoms. The van der Waals surface area contributed by atoms with Crippen molar-refractivity contribution in [2.24, 2.45) is 5.73 Å². The van der Waals surface area contributed by atoms with E-state index < -0.39 is 0 Å². The second kappa shape index (κ2) is 7.12. The molecule has 1 atom stereocenters. The molecule has 1 aliphatic rings. The second-order valence-electron chi connectivity index (χ2n) is 6.24. The molecule has 0 amide bonds. The van der Waals surface area contributed by atoms with Crippen LogP contribution in [-0.4, -0.2) is 31.1 Å². The van der Waals surface area contributed by atoms with Crippen molar-refractivity contribution in [3.05, 3.63) is 42.0 Å². The smallest absolute Gasteiger partial charge is 0.119 e. The highest BCUT2D eigenvalue weighted by atomic mass is 16.5. The molecule has 0 saturated carbocycles. The Balaban J connectivity index is 1.78. The van der Waals surface area contributed by atoms with Crippen LogP contribution in [0.2, 0.25) is 0 Å². The average molecular weight is 298 g/mol. The Kier molecular flexibility index (Phi) is 4.96. The highest BCUT2D eigenvalue weighted by Gasteiger charge is 2.21. The molecule has 1 aliphatic heterocycles. The second-order valence-corrected chi connectivity index (χ2v) is 6.24. The molecule has 0 spiro atoms. The maximum atomic E-state index is 5.78. The lowest BCUT2D eigenvalue weighted by Gasteiger charge is -2.35. The maximum absolute atomic E-state index is 5.78. The molecule has 3 heteroatoms. The lowest BCUT2D eigenvalue weighted by atomic mass is 9.98. The number of ether oxygens (including phenoxy) is 1. The zero-order valence-corrected chi connectivity index (χ0v) is 13.4. The fourth-order valence-corrected chi connectivity index (χ4v) is 3.52. The van der Waals surface area contributed by atoms with E-state index in [-0.39, 0.29) is 0 Å². The third-order valence-electron chi connectivity index (χ3n) is 4.75. The van der Waals surface area contributed by atoms with E-state index >= 15 is 0 Å². The van der Waals surface area contributed by atoms with Crippen LogP contribution in [0.15, 0.2) is 36.4 Å². The lowest BCUT2D eigenvalue weighted by Crippen LogP contribution is -2.40. The van der Waals surface area contributed by atoms with E-state index in [0.29, 0.717) is 6.04 Å². The van der Waals surface area contributed by atoms with Crippen LogP contribution < -0.4 is 10.5 Å². The largest absolute Gasteiger partial charge is 0.497 e. The number of rotatable bonds is 5. The molecule has 1 unspecified atom stereocenters. The summed E-state index contributed by atoms with van der Waals surface area (Å²) < 4.78 is 5.29. The van der Waals surface area contributed by atoms with Gasteiger partial charge in [-0.1, -0.05) is 24.6 Å². The zero-order valence-electron chi connectivity index (χ0n) is 13.4. The van der Waals surface area contributed by atoms with Gasteiger partial charge in [0.05, 0.1) is 7.11 Å². The van der Waals surface area contributed by atoms with Crippen LogP contribution in [0, 0.1) is 0 Å². The van der Waals surface area contributed by atoms with E-state index in [0.717, 1.165) is 25.3 Å². The van der Waals surface area contributed by atoms with Crippen molar-refractivity contribution >= 4 is 10.8 Å². The minimum Gasteiger partial charge on any atom is -0.497 e. The number of fused-ring (bicyclic) bond motifs is 1. The van der Waals surface area contributed by atoms with Gasteiger partial charge in [0.25, 0.3) is 0 Å². The van der Waals surface area contributed by atoms with Crippen molar-refractivity contribution in [3.63, 3.8) is 0 Å². The summed E-state index contributed by atoms with van der Waals surface area (Å²) in [5, 5.41) is 2.52. The van der Waals surface area contributed by atoms with E-state index in [1.54, 1.807) is 7.11 Å². The molecule has 0 aliphatic carbocycles. The van der Waals surface area contributed by atoms with Gasteiger partial charge in [0, 0.05) is 12.6 Å². The molecule has 2 aromatic carbocycles. The van der Waals surface area contributed by atoms with Gasteiger partial charge in [-0.3, -0.25) is 4.90 Å². The van der Waals surface area contributed by atoms with Crippen molar-refractivity contribution in [1.82, 2.24) is 4.90 Å². The number of nitrogens with two attached hydrogens (primary N) is 1. The van der Waals surface area contributed by atoms with Crippen LogP contribution in [0.25, 0.3) is 10.8 Å². The first-order chi connectivity index (χ1) is 10.8. The minimum absolute atomic E-state index is 0.658. The molecule has 1 heterocycles. The number of likely N-dealkylation sites (tertiary alicyclic amines) is 1. The Morgan fingerprint density at radius 3 is 2.77 bits per heavy atom. The predicted molar refractivity (Wildman–Crippen MR) is 92.2 cm³/mol. The molecule has 3 rings (SSSR count). The fourth-order valence-electron chi connectivity index (χ4n) is 3.52. The Morgan fingerprint density at radius 2 is 1.95 bits per heavy atom. The summed E-state index contributed by atoms with van der Waals surface area (Å²) in [4.78, 5) is 2.61. The molecule has 3 nitrogen and oxygen atoms in total. The van der Waals surface area contributed by atoms with E-state index in [2.05, 4.69) is 35.2 Å². The fraction of sp³-hybridized carbons (Fsp3) is 0.474. The topological polar surface area (TPSA) is 38.5 Å². The van der Waals surface area contributed by atoms with Gasteiger partial charge >= 0.3 is 0 Å². The normalized spacial score (nSPS) is 19.5. The number of methoxy groups -OCH3 is 1. The van der Waals surface area contributed by atoms with Gasteiger partial charge < -0.3 is 10.5 Å². The molecular formula is C19H26N2O. The highest BCUT2D eigenvalue weighted by Crippen LogP contribution is 2.25. The predicted octanol–water partition coefficient (Wildman–Crippen LogP) is 3.55. The third kappa shape index (κ3) is 3.42. The van der Waals surface area contributed by atoms with Gasteiger partial charge in [0.2, 0.25) is 0 Å². The van der Waals surface area contributed by atoms with Crippen LogP contribution >= 0.6 is 0 Å². The minimum atomic E-state index is 0.658. The van der Waals surface area contributed by atoms with Crippen molar-refractivity contribution in [3.8, 4) is 5.75 Å². The first-order valence-corrected chi connectivity index (χ1v) is 8.31. The third-order valence-corrected chi connectivity index (χ3v) is 4.75. The van der Waals surface area contributed by atoms with Gasteiger partial charge in [0.15, 0.2) is 0 Å². The SMILES string of the molecule is COc1ccc2cc(CN3CCCCC3CCN)ccc2c1. The average Bonchev–Trinajstić information content (AvgIpc) is 2.56. The first-order valence-electron chi connectivity index (χ1n) is 8.31. The summed E-state index contributed by atoms with van der Waals surface area (Å²) in [7, 11) is 1.71. The van der Waals surface area contributed by atoms with Crippen molar-refractivity contribution < 1.29 is 4.74 Å². The molecule has 0 bridgehead atoms. The van der Waals surface area contributed by atoms with Crippen LogP contribution in [0.1, 0.15) is 31.2 Å². The summed E-state index contributed by atoms with van der Waals surface area (Å²) in [5.41, 5.74) is 7.17. The molecule has 0 radical (unpaired) electrons. The van der Waals surface area contributed by atoms with E-state index in [1.807, 2.05) is 6.07 Å². The van der Waals surface area contributed by atoms with Crippen LogP contribution in [-0.2, 0) is 6.54 Å². The zero-order chi connectivity index (χ0) is 15.4. The van der Waals surface area contributed by atoms with Gasteiger partial charge in [-0.15, -0.1) is 0 Å². The molecule has 2 N–H and O–H groups in total. The summed E-state index contributed by atoms with van der Waals surface area (Å²) >= 11 is 0. The number of piperidine rings is 1. The van der Waals surface area contributed by atoms with Gasteiger partial charge in [-0.05, 0) is 66.9 Å². The van der Waals surface area contributed by atoms with E-state index in [9.17, 15) is 0 Å².